The number of alkyl halides is 3. The van der Waals surface area contributed by atoms with Gasteiger partial charge in [0.05, 0.1) is 18.6 Å². The van der Waals surface area contributed by atoms with Crippen molar-refractivity contribution in [2.24, 2.45) is 5.41 Å². The Kier molecular flexibility index (Phi) is 13.1. The zero-order valence-corrected chi connectivity index (χ0v) is 15.7. The van der Waals surface area contributed by atoms with Gasteiger partial charge in [-0.1, -0.05) is 0 Å². The van der Waals surface area contributed by atoms with Crippen LogP contribution in [0.4, 0.5) is 13.2 Å². The fraction of sp³-hybridized carbons (Fsp3) is 0.929. The summed E-state index contributed by atoms with van der Waals surface area (Å²) in [6, 6.07) is 0. The molecule has 0 atom stereocenters. The molecule has 24 heavy (non-hydrogen) atoms. The number of hydrogen-bond donors (Lipinski definition) is 2. The topological polar surface area (TPSA) is 53.6 Å². The Balaban J connectivity index is 0. The van der Waals surface area contributed by atoms with E-state index in [1.54, 1.807) is 7.11 Å². The highest BCUT2D eigenvalue weighted by molar-refractivity contribution is 5.85. The second-order valence-electron chi connectivity index (χ2n) is 5.93. The van der Waals surface area contributed by atoms with E-state index in [4.69, 9.17) is 4.74 Å². The normalized spacial score (nSPS) is 16.9. The van der Waals surface area contributed by atoms with Crippen LogP contribution in [0.25, 0.3) is 0 Å². The average molecular weight is 398 g/mol. The molecule has 1 heterocycles. The first-order chi connectivity index (χ1) is 10.3. The van der Waals surface area contributed by atoms with Crippen LogP contribution in [0.2, 0.25) is 0 Å². The smallest absolute Gasteiger partial charge is 0.384 e. The van der Waals surface area contributed by atoms with Crippen molar-refractivity contribution in [2.45, 2.75) is 25.4 Å². The molecular formula is C14H28Cl2F3N3O2. The fourth-order valence-corrected chi connectivity index (χ4v) is 2.74. The van der Waals surface area contributed by atoms with Gasteiger partial charge < -0.3 is 15.4 Å². The van der Waals surface area contributed by atoms with Gasteiger partial charge in [0.25, 0.3) is 0 Å². The van der Waals surface area contributed by atoms with Crippen LogP contribution >= 0.6 is 24.8 Å². The molecule has 10 heteroatoms. The first kappa shape index (κ1) is 26.0. The largest absolute Gasteiger partial charge is 0.401 e. The maximum absolute atomic E-state index is 12.4. The summed E-state index contributed by atoms with van der Waals surface area (Å²) in [4.78, 5) is 13.6. The van der Waals surface area contributed by atoms with Gasteiger partial charge in [-0.05, 0) is 45.9 Å². The quantitative estimate of drug-likeness (QED) is 0.613. The average Bonchev–Trinajstić information content (AvgIpc) is 2.43. The molecular weight excluding hydrogens is 370 g/mol. The Morgan fingerprint density at radius 3 is 2.38 bits per heavy atom. The Labute approximate surface area is 153 Å². The summed E-state index contributed by atoms with van der Waals surface area (Å²) in [5, 5.41) is 6.05. The van der Waals surface area contributed by atoms with Crippen molar-refractivity contribution in [3.8, 4) is 0 Å². The van der Waals surface area contributed by atoms with Crippen LogP contribution < -0.4 is 10.6 Å². The number of carbonyl (C=O) groups excluding carboxylic acids is 1. The van der Waals surface area contributed by atoms with Gasteiger partial charge in [0.15, 0.2) is 0 Å². The second-order valence-corrected chi connectivity index (χ2v) is 5.93. The first-order valence-electron chi connectivity index (χ1n) is 7.52. The van der Waals surface area contributed by atoms with Crippen LogP contribution in [-0.4, -0.2) is 70.5 Å². The van der Waals surface area contributed by atoms with E-state index in [1.807, 2.05) is 0 Å². The van der Waals surface area contributed by atoms with Crippen molar-refractivity contribution in [3.05, 3.63) is 0 Å². The van der Waals surface area contributed by atoms with Crippen molar-refractivity contribution < 1.29 is 22.7 Å². The predicted molar refractivity (Wildman–Crippen MR) is 92.1 cm³/mol. The third-order valence-corrected chi connectivity index (χ3v) is 3.91. The van der Waals surface area contributed by atoms with Crippen LogP contribution in [0.15, 0.2) is 0 Å². The summed E-state index contributed by atoms with van der Waals surface area (Å²) >= 11 is 0. The maximum Gasteiger partial charge on any atom is 0.401 e. The van der Waals surface area contributed by atoms with E-state index in [0.717, 1.165) is 13.1 Å². The minimum atomic E-state index is -4.18. The molecule has 0 aromatic rings. The van der Waals surface area contributed by atoms with E-state index in [9.17, 15) is 18.0 Å². The van der Waals surface area contributed by atoms with Crippen molar-refractivity contribution >= 4 is 30.7 Å². The van der Waals surface area contributed by atoms with Gasteiger partial charge in [-0.15, -0.1) is 24.8 Å². The highest BCUT2D eigenvalue weighted by Crippen LogP contribution is 2.29. The number of ether oxygens (including phenoxy) is 1. The van der Waals surface area contributed by atoms with Crippen molar-refractivity contribution in [1.29, 1.82) is 0 Å². The van der Waals surface area contributed by atoms with E-state index >= 15 is 0 Å². The molecule has 0 aliphatic carbocycles. The number of piperidine rings is 1. The lowest BCUT2D eigenvalue weighted by Crippen LogP contribution is -2.50. The highest BCUT2D eigenvalue weighted by atomic mass is 35.5. The maximum atomic E-state index is 12.4. The zero-order chi connectivity index (χ0) is 16.6. The van der Waals surface area contributed by atoms with Gasteiger partial charge in [-0.3, -0.25) is 9.69 Å². The zero-order valence-electron chi connectivity index (χ0n) is 14.1. The molecule has 1 rings (SSSR count). The van der Waals surface area contributed by atoms with Gasteiger partial charge in [0.1, 0.15) is 0 Å². The van der Waals surface area contributed by atoms with E-state index < -0.39 is 18.1 Å². The molecule has 0 radical (unpaired) electrons. The fourth-order valence-electron chi connectivity index (χ4n) is 2.74. The number of hydrogen-bond acceptors (Lipinski definition) is 4. The van der Waals surface area contributed by atoms with Gasteiger partial charge in [0, 0.05) is 13.7 Å². The minimum Gasteiger partial charge on any atom is -0.384 e. The molecule has 5 nitrogen and oxygen atoms in total. The standard InChI is InChI=1S/C14H26F3N3O2.2ClH/c1-20(10-14(15,16)17)9-3-6-19-12(21)13(11-22-2)4-7-18-8-5-13;;/h18H,3-11H2,1-2H3,(H,19,21);2*1H. The Hall–Kier alpha value is -0.280. The molecule has 1 aliphatic rings. The van der Waals surface area contributed by atoms with E-state index in [2.05, 4.69) is 10.6 Å². The van der Waals surface area contributed by atoms with E-state index in [-0.39, 0.29) is 30.7 Å². The molecule has 146 valence electrons. The molecule has 0 aromatic heterocycles. The number of carbonyl (C=O) groups is 1. The first-order valence-corrected chi connectivity index (χ1v) is 7.52. The number of methoxy groups -OCH3 is 1. The van der Waals surface area contributed by atoms with Gasteiger partial charge in [-0.2, -0.15) is 13.2 Å². The summed E-state index contributed by atoms with van der Waals surface area (Å²) in [6.45, 7) is 1.64. The number of amides is 1. The number of halogens is 5. The SMILES string of the molecule is COCC1(C(=O)NCCCN(C)CC(F)(F)F)CCNCC1.Cl.Cl. The second kappa shape index (κ2) is 12.1. The molecule has 0 unspecified atom stereocenters. The lowest BCUT2D eigenvalue weighted by atomic mass is 9.78. The van der Waals surface area contributed by atoms with Crippen molar-refractivity contribution in [3.63, 3.8) is 0 Å². The number of nitrogens with zero attached hydrogens (tertiary/aromatic N) is 1. The van der Waals surface area contributed by atoms with Crippen LogP contribution in [0.5, 0.6) is 0 Å². The molecule has 1 amide bonds. The summed E-state index contributed by atoms with van der Waals surface area (Å²) in [6.07, 6.45) is -2.28. The van der Waals surface area contributed by atoms with Crippen LogP contribution in [-0.2, 0) is 9.53 Å². The Morgan fingerprint density at radius 1 is 1.29 bits per heavy atom. The number of rotatable bonds is 8. The van der Waals surface area contributed by atoms with Crippen molar-refractivity contribution in [2.75, 3.05) is 53.5 Å². The lowest BCUT2D eigenvalue weighted by molar-refractivity contribution is -0.143. The summed E-state index contributed by atoms with van der Waals surface area (Å²) in [5.74, 6) is -0.0608. The summed E-state index contributed by atoms with van der Waals surface area (Å²) in [5.41, 5.74) is -0.516. The monoisotopic (exact) mass is 397 g/mol. The highest BCUT2D eigenvalue weighted by Gasteiger charge is 2.39. The molecule has 0 saturated carbocycles. The van der Waals surface area contributed by atoms with Gasteiger partial charge in [0.2, 0.25) is 5.91 Å². The van der Waals surface area contributed by atoms with Gasteiger partial charge >= 0.3 is 6.18 Å². The summed E-state index contributed by atoms with van der Waals surface area (Å²) < 4.78 is 41.8. The van der Waals surface area contributed by atoms with Crippen LogP contribution in [0.3, 0.4) is 0 Å². The molecule has 0 bridgehead atoms. The summed E-state index contributed by atoms with van der Waals surface area (Å²) in [7, 11) is 3.00. The van der Waals surface area contributed by atoms with Crippen molar-refractivity contribution in [1.82, 2.24) is 15.5 Å². The number of nitrogens with one attached hydrogen (secondary N) is 2. The minimum absolute atomic E-state index is 0. The molecule has 0 spiro atoms. The Morgan fingerprint density at radius 2 is 1.88 bits per heavy atom. The van der Waals surface area contributed by atoms with Gasteiger partial charge in [-0.25, -0.2) is 0 Å². The predicted octanol–water partition coefficient (Wildman–Crippen LogP) is 1.85. The Bertz CT molecular complexity index is 349. The third kappa shape index (κ3) is 9.27. The van der Waals surface area contributed by atoms with Crippen LogP contribution in [0.1, 0.15) is 19.3 Å². The molecule has 1 saturated heterocycles. The van der Waals surface area contributed by atoms with E-state index in [1.165, 1.54) is 11.9 Å². The molecule has 1 fully saturated rings. The lowest BCUT2D eigenvalue weighted by Gasteiger charge is -2.35. The van der Waals surface area contributed by atoms with Crippen LogP contribution in [0, 0.1) is 5.41 Å². The third-order valence-electron chi connectivity index (χ3n) is 3.91. The molecule has 0 aromatic carbocycles. The molecule has 1 aliphatic heterocycles. The molecule has 2 N–H and O–H groups in total. The van der Waals surface area contributed by atoms with E-state index in [0.29, 0.717) is 39.0 Å².